The molecule has 0 aromatic heterocycles. The lowest BCUT2D eigenvalue weighted by Crippen LogP contribution is -2.45. The largest absolute Gasteiger partial charge is 0.325 e. The number of hydrogen-bond acceptors (Lipinski definition) is 3. The monoisotopic (exact) mass is 239 g/mol. The number of hydrogen-bond donors (Lipinski definition) is 1. The zero-order valence-corrected chi connectivity index (χ0v) is 11.3. The molecule has 1 N–H and O–H groups in total. The van der Waals surface area contributed by atoms with Crippen molar-refractivity contribution in [1.82, 2.24) is 15.1 Å². The van der Waals surface area contributed by atoms with E-state index in [0.29, 0.717) is 6.04 Å². The van der Waals surface area contributed by atoms with Gasteiger partial charge in [0.25, 0.3) is 0 Å². The van der Waals surface area contributed by atoms with Gasteiger partial charge in [0.15, 0.2) is 0 Å². The Kier molecular flexibility index (Phi) is 4.05. The maximum absolute atomic E-state index is 12.1. The van der Waals surface area contributed by atoms with Crippen molar-refractivity contribution >= 4 is 5.91 Å². The summed E-state index contributed by atoms with van der Waals surface area (Å²) in [5.41, 5.74) is 0. The van der Waals surface area contributed by atoms with Crippen LogP contribution in [0.5, 0.6) is 0 Å². The molecule has 0 radical (unpaired) electrons. The Labute approximate surface area is 104 Å². The van der Waals surface area contributed by atoms with Gasteiger partial charge in [0.05, 0.1) is 12.2 Å². The summed E-state index contributed by atoms with van der Waals surface area (Å²) in [5, 5.41) is 3.36. The van der Waals surface area contributed by atoms with E-state index in [1.807, 2.05) is 4.90 Å². The third kappa shape index (κ3) is 2.63. The third-order valence-electron chi connectivity index (χ3n) is 4.12. The number of carbonyl (C=O) groups is 1. The fourth-order valence-corrected chi connectivity index (χ4v) is 2.97. The molecule has 4 heteroatoms. The van der Waals surface area contributed by atoms with Crippen LogP contribution in [0.15, 0.2) is 0 Å². The fourth-order valence-electron chi connectivity index (χ4n) is 2.97. The lowest BCUT2D eigenvalue weighted by molar-refractivity contribution is -0.130. The van der Waals surface area contributed by atoms with Gasteiger partial charge in [0, 0.05) is 12.6 Å². The predicted molar refractivity (Wildman–Crippen MR) is 68.7 cm³/mol. The van der Waals surface area contributed by atoms with Gasteiger partial charge in [-0.15, -0.1) is 0 Å². The molecule has 0 aliphatic carbocycles. The van der Waals surface area contributed by atoms with Crippen LogP contribution in [0.1, 0.15) is 40.0 Å². The van der Waals surface area contributed by atoms with Crippen molar-refractivity contribution in [1.29, 1.82) is 0 Å². The molecule has 2 aliphatic rings. The highest BCUT2D eigenvalue weighted by atomic mass is 16.2. The number of rotatable bonds is 4. The summed E-state index contributed by atoms with van der Waals surface area (Å²) in [5.74, 6) is 0.283. The van der Waals surface area contributed by atoms with Crippen molar-refractivity contribution in [2.75, 3.05) is 19.6 Å². The number of amides is 1. The summed E-state index contributed by atoms with van der Waals surface area (Å²) >= 11 is 0. The Morgan fingerprint density at radius 1 is 1.41 bits per heavy atom. The molecule has 2 aliphatic heterocycles. The summed E-state index contributed by atoms with van der Waals surface area (Å²) in [4.78, 5) is 16.7. The first-order chi connectivity index (χ1) is 8.13. The van der Waals surface area contributed by atoms with Crippen LogP contribution >= 0.6 is 0 Å². The maximum atomic E-state index is 12.1. The van der Waals surface area contributed by atoms with Gasteiger partial charge in [0.2, 0.25) is 5.91 Å². The van der Waals surface area contributed by atoms with Gasteiger partial charge in [-0.25, -0.2) is 0 Å². The lowest BCUT2D eigenvalue weighted by atomic mass is 10.2. The number of carbonyl (C=O) groups excluding carboxylic acids is 1. The van der Waals surface area contributed by atoms with Gasteiger partial charge in [-0.05, 0) is 46.2 Å². The van der Waals surface area contributed by atoms with Crippen molar-refractivity contribution in [2.45, 2.75) is 58.3 Å². The Morgan fingerprint density at radius 2 is 2.06 bits per heavy atom. The molecular formula is C13H25N3O. The molecule has 3 atom stereocenters. The second kappa shape index (κ2) is 5.36. The molecular weight excluding hydrogens is 214 g/mol. The van der Waals surface area contributed by atoms with E-state index >= 15 is 0 Å². The van der Waals surface area contributed by atoms with Crippen LogP contribution in [0.25, 0.3) is 0 Å². The van der Waals surface area contributed by atoms with Gasteiger partial charge < -0.3 is 4.90 Å². The minimum absolute atomic E-state index is 0.0378. The molecule has 0 spiro atoms. The van der Waals surface area contributed by atoms with E-state index in [4.69, 9.17) is 0 Å². The molecule has 2 heterocycles. The molecule has 3 unspecified atom stereocenters. The van der Waals surface area contributed by atoms with E-state index in [2.05, 4.69) is 31.0 Å². The van der Waals surface area contributed by atoms with Crippen LogP contribution in [0, 0.1) is 0 Å². The van der Waals surface area contributed by atoms with Crippen LogP contribution in [-0.4, -0.2) is 53.6 Å². The fraction of sp³-hybridized carbons (Fsp3) is 0.923. The summed E-state index contributed by atoms with van der Waals surface area (Å²) < 4.78 is 0. The summed E-state index contributed by atoms with van der Waals surface area (Å²) in [6, 6.07) is 0.525. The van der Waals surface area contributed by atoms with Gasteiger partial charge in [0.1, 0.15) is 0 Å². The van der Waals surface area contributed by atoms with E-state index in [-0.39, 0.29) is 18.1 Å². The van der Waals surface area contributed by atoms with Crippen molar-refractivity contribution in [3.8, 4) is 0 Å². The number of nitrogens with one attached hydrogen (secondary N) is 1. The average Bonchev–Trinajstić information content (AvgIpc) is 2.92. The molecule has 2 saturated heterocycles. The van der Waals surface area contributed by atoms with E-state index in [1.54, 1.807) is 0 Å². The molecule has 0 bridgehead atoms. The normalized spacial score (nSPS) is 32.4. The maximum Gasteiger partial charge on any atom is 0.241 e. The predicted octanol–water partition coefficient (Wildman–Crippen LogP) is 1.03. The Morgan fingerprint density at radius 3 is 2.59 bits per heavy atom. The zero-order chi connectivity index (χ0) is 12.4. The highest BCUT2D eigenvalue weighted by Gasteiger charge is 2.36. The molecule has 98 valence electrons. The third-order valence-corrected chi connectivity index (χ3v) is 4.12. The standard InChI is InChI=1S/C13H25N3O/c1-4-12-13(17)16(11(3)14-12)9-10(2)15-7-5-6-8-15/h10-12,14H,4-9H2,1-3H3. The topological polar surface area (TPSA) is 35.6 Å². The van der Waals surface area contributed by atoms with Crippen LogP contribution in [0.3, 0.4) is 0 Å². The molecule has 1 amide bonds. The van der Waals surface area contributed by atoms with Crippen LogP contribution in [0.4, 0.5) is 0 Å². The van der Waals surface area contributed by atoms with Crippen LogP contribution in [0.2, 0.25) is 0 Å². The first kappa shape index (κ1) is 12.8. The molecule has 0 saturated carbocycles. The second-order valence-electron chi connectivity index (χ2n) is 5.39. The quantitative estimate of drug-likeness (QED) is 0.796. The Balaban J connectivity index is 1.91. The summed E-state index contributed by atoms with van der Waals surface area (Å²) in [6.45, 7) is 9.65. The Bertz CT molecular complexity index is 276. The number of likely N-dealkylation sites (tertiary alicyclic amines) is 1. The average molecular weight is 239 g/mol. The minimum Gasteiger partial charge on any atom is -0.325 e. The molecule has 2 rings (SSSR count). The first-order valence-electron chi connectivity index (χ1n) is 6.94. The van der Waals surface area contributed by atoms with Gasteiger partial charge >= 0.3 is 0 Å². The highest BCUT2D eigenvalue weighted by Crippen LogP contribution is 2.17. The minimum atomic E-state index is 0.0378. The van der Waals surface area contributed by atoms with Crippen molar-refractivity contribution in [2.24, 2.45) is 0 Å². The van der Waals surface area contributed by atoms with Crippen molar-refractivity contribution in [3.05, 3.63) is 0 Å². The lowest BCUT2D eigenvalue weighted by Gasteiger charge is -2.30. The van der Waals surface area contributed by atoms with Gasteiger partial charge in [-0.1, -0.05) is 6.92 Å². The number of nitrogens with zero attached hydrogens (tertiary/aromatic N) is 2. The van der Waals surface area contributed by atoms with Gasteiger partial charge in [-0.3, -0.25) is 15.0 Å². The first-order valence-corrected chi connectivity index (χ1v) is 6.94. The SMILES string of the molecule is CCC1NC(C)N(CC(C)N2CCCC2)C1=O. The van der Waals surface area contributed by atoms with Crippen LogP contribution < -0.4 is 5.32 Å². The van der Waals surface area contributed by atoms with E-state index < -0.39 is 0 Å². The van der Waals surface area contributed by atoms with E-state index in [1.165, 1.54) is 25.9 Å². The molecule has 17 heavy (non-hydrogen) atoms. The van der Waals surface area contributed by atoms with E-state index in [9.17, 15) is 4.79 Å². The van der Waals surface area contributed by atoms with Crippen LogP contribution in [-0.2, 0) is 4.79 Å². The van der Waals surface area contributed by atoms with E-state index in [0.717, 1.165) is 13.0 Å². The highest BCUT2D eigenvalue weighted by molar-refractivity contribution is 5.84. The molecule has 2 fully saturated rings. The second-order valence-corrected chi connectivity index (χ2v) is 5.39. The molecule has 0 aromatic carbocycles. The summed E-state index contributed by atoms with van der Waals surface area (Å²) in [7, 11) is 0. The van der Waals surface area contributed by atoms with Gasteiger partial charge in [-0.2, -0.15) is 0 Å². The smallest absolute Gasteiger partial charge is 0.241 e. The molecule has 0 aromatic rings. The molecule has 4 nitrogen and oxygen atoms in total. The zero-order valence-electron chi connectivity index (χ0n) is 11.3. The van der Waals surface area contributed by atoms with Crippen molar-refractivity contribution in [3.63, 3.8) is 0 Å². The summed E-state index contributed by atoms with van der Waals surface area (Å²) in [6.07, 6.45) is 3.70. The Hall–Kier alpha value is -0.610. The van der Waals surface area contributed by atoms with Crippen molar-refractivity contribution < 1.29 is 4.79 Å².